The average Bonchev–Trinajstić information content (AvgIpc) is 2.76. The summed E-state index contributed by atoms with van der Waals surface area (Å²) in [5.74, 6) is 2.09. The van der Waals surface area contributed by atoms with Crippen LogP contribution in [0.15, 0.2) is 4.52 Å². The molecule has 1 fully saturated rings. The van der Waals surface area contributed by atoms with Gasteiger partial charge in [-0.15, -0.1) is 12.4 Å². The topological polar surface area (TPSA) is 54.2 Å². The van der Waals surface area contributed by atoms with Gasteiger partial charge in [-0.2, -0.15) is 4.98 Å². The second kappa shape index (κ2) is 6.87. The lowest BCUT2D eigenvalue weighted by molar-refractivity contribution is 0.190. The number of hydrogen-bond donors (Lipinski definition) is 1. The summed E-state index contributed by atoms with van der Waals surface area (Å²) in [5.41, 5.74) is 0.262. The van der Waals surface area contributed by atoms with Gasteiger partial charge in [0.05, 0.1) is 6.04 Å². The van der Waals surface area contributed by atoms with Gasteiger partial charge in [0.2, 0.25) is 5.89 Å². The van der Waals surface area contributed by atoms with Crippen molar-refractivity contribution in [1.82, 2.24) is 20.4 Å². The van der Waals surface area contributed by atoms with Crippen molar-refractivity contribution >= 4 is 12.4 Å². The normalized spacial score (nSPS) is 22.4. The second-order valence-electron chi connectivity index (χ2n) is 6.72. The molecule has 0 radical (unpaired) electrons. The summed E-state index contributed by atoms with van der Waals surface area (Å²) in [6.07, 6.45) is 0.848. The number of hydrogen-bond acceptors (Lipinski definition) is 5. The van der Waals surface area contributed by atoms with Gasteiger partial charge in [-0.25, -0.2) is 0 Å². The van der Waals surface area contributed by atoms with Gasteiger partial charge in [-0.1, -0.05) is 32.9 Å². The van der Waals surface area contributed by atoms with E-state index in [-0.39, 0.29) is 23.9 Å². The van der Waals surface area contributed by atoms with Crippen molar-refractivity contribution in [2.24, 2.45) is 11.3 Å². The molecule has 1 aliphatic rings. The Balaban J connectivity index is 0.00000200. The van der Waals surface area contributed by atoms with E-state index in [2.05, 4.69) is 55.1 Å². The molecule has 2 heterocycles. The van der Waals surface area contributed by atoms with Crippen LogP contribution in [0.1, 0.15) is 45.5 Å². The molecule has 5 nitrogen and oxygen atoms in total. The van der Waals surface area contributed by atoms with E-state index in [1.54, 1.807) is 0 Å². The van der Waals surface area contributed by atoms with Crippen LogP contribution >= 0.6 is 12.4 Å². The maximum absolute atomic E-state index is 5.42. The highest BCUT2D eigenvalue weighted by Gasteiger charge is 2.27. The first-order valence-corrected chi connectivity index (χ1v) is 7.11. The first-order chi connectivity index (χ1) is 8.88. The Hall–Kier alpha value is -0.650. The fourth-order valence-electron chi connectivity index (χ4n) is 2.15. The number of rotatable bonds is 3. The number of halogens is 1. The van der Waals surface area contributed by atoms with Crippen molar-refractivity contribution < 1.29 is 4.52 Å². The van der Waals surface area contributed by atoms with E-state index in [1.807, 2.05) is 0 Å². The molecule has 2 atom stereocenters. The minimum absolute atomic E-state index is 0. The van der Waals surface area contributed by atoms with E-state index < -0.39 is 0 Å². The van der Waals surface area contributed by atoms with Gasteiger partial charge in [0, 0.05) is 26.1 Å². The van der Waals surface area contributed by atoms with E-state index in [0.29, 0.717) is 5.92 Å². The molecule has 1 aliphatic heterocycles. The lowest BCUT2D eigenvalue weighted by Crippen LogP contribution is -2.44. The summed E-state index contributed by atoms with van der Waals surface area (Å²) < 4.78 is 5.42. The molecule has 0 spiro atoms. The molecule has 2 rings (SSSR count). The van der Waals surface area contributed by atoms with E-state index >= 15 is 0 Å². The summed E-state index contributed by atoms with van der Waals surface area (Å²) in [6.45, 7) is 11.9. The molecule has 1 aromatic rings. The Bertz CT molecular complexity index is 416. The first-order valence-electron chi connectivity index (χ1n) is 7.11. The van der Waals surface area contributed by atoms with Crippen LogP contribution in [0.3, 0.4) is 0 Å². The van der Waals surface area contributed by atoms with Crippen LogP contribution in [0.2, 0.25) is 0 Å². The van der Waals surface area contributed by atoms with E-state index in [9.17, 15) is 0 Å². The van der Waals surface area contributed by atoms with Crippen LogP contribution < -0.4 is 5.32 Å². The summed E-state index contributed by atoms with van der Waals surface area (Å²) in [6, 6.07) is 0.233. The van der Waals surface area contributed by atoms with Crippen molar-refractivity contribution in [3.8, 4) is 0 Å². The molecule has 0 amide bonds. The van der Waals surface area contributed by atoms with Crippen molar-refractivity contribution in [3.63, 3.8) is 0 Å². The molecule has 0 aromatic carbocycles. The standard InChI is InChI=1S/C14H26N4O.ClH/c1-10(14(2,3)4)8-12-16-13(17-19-12)11-9-15-6-7-18(11)5;/h10-11,15H,6-9H2,1-5H3;1H. The number of piperazine rings is 1. The number of likely N-dealkylation sites (N-methyl/N-ethyl adjacent to an activating group) is 1. The Morgan fingerprint density at radius 1 is 1.45 bits per heavy atom. The van der Waals surface area contributed by atoms with Crippen molar-refractivity contribution in [1.29, 1.82) is 0 Å². The summed E-state index contributed by atoms with van der Waals surface area (Å²) in [7, 11) is 2.11. The third kappa shape index (κ3) is 4.17. The van der Waals surface area contributed by atoms with Gasteiger partial charge in [0.15, 0.2) is 5.82 Å². The third-order valence-corrected chi connectivity index (χ3v) is 4.25. The highest BCUT2D eigenvalue weighted by atomic mass is 35.5. The Labute approximate surface area is 127 Å². The van der Waals surface area contributed by atoms with Gasteiger partial charge < -0.3 is 9.84 Å². The van der Waals surface area contributed by atoms with Crippen LogP contribution in [0.25, 0.3) is 0 Å². The average molecular weight is 303 g/mol. The molecule has 1 aromatic heterocycles. The summed E-state index contributed by atoms with van der Waals surface area (Å²) in [5, 5.41) is 7.53. The molecule has 0 bridgehead atoms. The summed E-state index contributed by atoms with van der Waals surface area (Å²) in [4.78, 5) is 6.85. The smallest absolute Gasteiger partial charge is 0.226 e. The fourth-order valence-corrected chi connectivity index (χ4v) is 2.15. The number of nitrogens with one attached hydrogen (secondary N) is 1. The minimum Gasteiger partial charge on any atom is -0.339 e. The second-order valence-corrected chi connectivity index (χ2v) is 6.72. The zero-order valence-corrected chi connectivity index (χ0v) is 14.0. The maximum Gasteiger partial charge on any atom is 0.226 e. The van der Waals surface area contributed by atoms with Crippen LogP contribution in [-0.2, 0) is 6.42 Å². The highest BCUT2D eigenvalue weighted by molar-refractivity contribution is 5.85. The zero-order valence-electron chi connectivity index (χ0n) is 13.1. The van der Waals surface area contributed by atoms with Gasteiger partial charge in [-0.3, -0.25) is 4.90 Å². The van der Waals surface area contributed by atoms with E-state index in [0.717, 1.165) is 37.8 Å². The van der Waals surface area contributed by atoms with E-state index in [4.69, 9.17) is 4.52 Å². The maximum atomic E-state index is 5.42. The summed E-state index contributed by atoms with van der Waals surface area (Å²) >= 11 is 0. The monoisotopic (exact) mass is 302 g/mol. The van der Waals surface area contributed by atoms with Gasteiger partial charge in [-0.05, 0) is 18.4 Å². The molecule has 116 valence electrons. The molecule has 0 saturated carbocycles. The molecule has 6 heteroatoms. The lowest BCUT2D eigenvalue weighted by atomic mass is 9.80. The number of aromatic nitrogens is 2. The third-order valence-electron chi connectivity index (χ3n) is 4.25. The van der Waals surface area contributed by atoms with Crippen LogP contribution in [0, 0.1) is 11.3 Å². The number of nitrogens with zero attached hydrogens (tertiary/aromatic N) is 3. The molecule has 20 heavy (non-hydrogen) atoms. The largest absolute Gasteiger partial charge is 0.339 e. The Kier molecular flexibility index (Phi) is 5.98. The quantitative estimate of drug-likeness (QED) is 0.928. The highest BCUT2D eigenvalue weighted by Crippen LogP contribution is 2.28. The first kappa shape index (κ1) is 17.4. The molecule has 2 unspecified atom stereocenters. The zero-order chi connectivity index (χ0) is 14.0. The van der Waals surface area contributed by atoms with Crippen molar-refractivity contribution in [3.05, 3.63) is 11.7 Å². The Morgan fingerprint density at radius 3 is 2.75 bits per heavy atom. The van der Waals surface area contributed by atoms with Crippen LogP contribution in [-0.4, -0.2) is 41.7 Å². The van der Waals surface area contributed by atoms with Crippen LogP contribution in [0.4, 0.5) is 0 Å². The Morgan fingerprint density at radius 2 is 2.15 bits per heavy atom. The molecular formula is C14H27ClN4O. The van der Waals surface area contributed by atoms with E-state index in [1.165, 1.54) is 0 Å². The molecule has 0 aliphatic carbocycles. The fraction of sp³-hybridized carbons (Fsp3) is 0.857. The molecule has 1 N–H and O–H groups in total. The van der Waals surface area contributed by atoms with Crippen molar-refractivity contribution in [2.45, 2.75) is 40.2 Å². The van der Waals surface area contributed by atoms with Gasteiger partial charge in [0.25, 0.3) is 0 Å². The predicted molar refractivity (Wildman–Crippen MR) is 82.1 cm³/mol. The molecule has 1 saturated heterocycles. The van der Waals surface area contributed by atoms with Gasteiger partial charge in [0.1, 0.15) is 0 Å². The van der Waals surface area contributed by atoms with Crippen LogP contribution in [0.5, 0.6) is 0 Å². The lowest BCUT2D eigenvalue weighted by Gasteiger charge is -2.30. The van der Waals surface area contributed by atoms with Gasteiger partial charge >= 0.3 is 0 Å². The predicted octanol–water partition coefficient (Wildman–Crippen LogP) is 2.29. The minimum atomic E-state index is 0. The SMILES string of the molecule is CC(Cc1nc(C2CNCCN2C)no1)C(C)(C)C.Cl. The van der Waals surface area contributed by atoms with Crippen molar-refractivity contribution in [2.75, 3.05) is 26.7 Å². The molecular weight excluding hydrogens is 276 g/mol.